The molecule has 1 aliphatic carbocycles. The van der Waals surface area contributed by atoms with Crippen molar-refractivity contribution >= 4 is 11.6 Å². The molecule has 0 spiro atoms. The molecule has 1 fully saturated rings. The molecule has 0 aliphatic heterocycles. The highest BCUT2D eigenvalue weighted by molar-refractivity contribution is 5.95. The van der Waals surface area contributed by atoms with Gasteiger partial charge in [0.25, 0.3) is 0 Å². The maximum atomic E-state index is 12.6. The zero-order chi connectivity index (χ0) is 13.8. The molecule has 2 rings (SSSR count). The van der Waals surface area contributed by atoms with Crippen LogP contribution in [0, 0.1) is 11.8 Å². The lowest BCUT2D eigenvalue weighted by Crippen LogP contribution is -2.36. The van der Waals surface area contributed by atoms with E-state index in [9.17, 15) is 4.79 Å². The van der Waals surface area contributed by atoms with Crippen molar-refractivity contribution < 1.29 is 4.79 Å². The van der Waals surface area contributed by atoms with E-state index in [4.69, 9.17) is 5.73 Å². The van der Waals surface area contributed by atoms with Gasteiger partial charge in [-0.15, -0.1) is 0 Å². The summed E-state index contributed by atoms with van der Waals surface area (Å²) in [5, 5.41) is 0. The van der Waals surface area contributed by atoms with Crippen LogP contribution in [-0.4, -0.2) is 12.5 Å². The molecule has 1 amide bonds. The monoisotopic (exact) mass is 260 g/mol. The molecule has 0 bridgehead atoms. The van der Waals surface area contributed by atoms with E-state index in [0.717, 1.165) is 24.2 Å². The Hall–Kier alpha value is -1.35. The molecule has 0 aromatic heterocycles. The molecular formula is C16H24N2O. The predicted octanol–water partition coefficient (Wildman–Crippen LogP) is 2.93. The molecule has 0 saturated heterocycles. The SMILES string of the molecule is CCCN(C(=O)C(C)C1CC1)c1ccc(CN)cc1. The lowest BCUT2D eigenvalue weighted by molar-refractivity contribution is -0.122. The largest absolute Gasteiger partial charge is 0.326 e. The molecule has 1 aromatic rings. The van der Waals surface area contributed by atoms with Crippen molar-refractivity contribution in [1.29, 1.82) is 0 Å². The Morgan fingerprint density at radius 1 is 1.37 bits per heavy atom. The summed E-state index contributed by atoms with van der Waals surface area (Å²) in [6, 6.07) is 8.03. The number of nitrogens with zero attached hydrogens (tertiary/aromatic N) is 1. The van der Waals surface area contributed by atoms with Gasteiger partial charge in [0, 0.05) is 24.7 Å². The molecule has 3 nitrogen and oxygen atoms in total. The van der Waals surface area contributed by atoms with Crippen molar-refractivity contribution in [1.82, 2.24) is 0 Å². The van der Waals surface area contributed by atoms with Crippen molar-refractivity contribution in [3.63, 3.8) is 0 Å². The molecule has 0 heterocycles. The normalized spacial score (nSPS) is 16.2. The zero-order valence-electron chi connectivity index (χ0n) is 11.9. The number of hydrogen-bond donors (Lipinski definition) is 1. The Morgan fingerprint density at radius 2 is 2.00 bits per heavy atom. The van der Waals surface area contributed by atoms with Gasteiger partial charge in [-0.05, 0) is 42.9 Å². The first-order valence-electron chi connectivity index (χ1n) is 7.27. The van der Waals surface area contributed by atoms with Crippen LogP contribution in [0.5, 0.6) is 0 Å². The number of carbonyl (C=O) groups is 1. The summed E-state index contributed by atoms with van der Waals surface area (Å²) in [7, 11) is 0. The van der Waals surface area contributed by atoms with Crippen LogP contribution in [0.2, 0.25) is 0 Å². The fourth-order valence-electron chi connectivity index (χ4n) is 2.45. The fourth-order valence-corrected chi connectivity index (χ4v) is 2.45. The van der Waals surface area contributed by atoms with Crippen LogP contribution in [0.1, 0.15) is 38.7 Å². The van der Waals surface area contributed by atoms with Crippen molar-refractivity contribution in [2.75, 3.05) is 11.4 Å². The van der Waals surface area contributed by atoms with Gasteiger partial charge in [0.05, 0.1) is 0 Å². The van der Waals surface area contributed by atoms with Crippen LogP contribution in [0.4, 0.5) is 5.69 Å². The summed E-state index contributed by atoms with van der Waals surface area (Å²) in [5.41, 5.74) is 7.71. The number of hydrogen-bond acceptors (Lipinski definition) is 2. The van der Waals surface area contributed by atoms with Crippen LogP contribution in [0.25, 0.3) is 0 Å². The highest BCUT2D eigenvalue weighted by Gasteiger charge is 2.35. The minimum Gasteiger partial charge on any atom is -0.326 e. The Morgan fingerprint density at radius 3 is 2.47 bits per heavy atom. The van der Waals surface area contributed by atoms with Gasteiger partial charge in [-0.1, -0.05) is 26.0 Å². The standard InChI is InChI=1S/C16H24N2O/c1-3-10-18(16(19)12(2)14-6-7-14)15-8-4-13(11-17)5-9-15/h4-5,8-9,12,14H,3,6-7,10-11,17H2,1-2H3. The van der Waals surface area contributed by atoms with Gasteiger partial charge < -0.3 is 10.6 Å². The fraction of sp³-hybridized carbons (Fsp3) is 0.562. The Kier molecular flexibility index (Phi) is 4.59. The van der Waals surface area contributed by atoms with Crippen LogP contribution in [0.15, 0.2) is 24.3 Å². The van der Waals surface area contributed by atoms with Crippen LogP contribution in [-0.2, 0) is 11.3 Å². The third-order valence-electron chi connectivity index (χ3n) is 3.92. The van der Waals surface area contributed by atoms with Crippen molar-refractivity contribution in [3.05, 3.63) is 29.8 Å². The van der Waals surface area contributed by atoms with E-state index in [-0.39, 0.29) is 11.8 Å². The van der Waals surface area contributed by atoms with Gasteiger partial charge in [-0.3, -0.25) is 4.79 Å². The second-order valence-corrected chi connectivity index (χ2v) is 5.49. The first-order valence-corrected chi connectivity index (χ1v) is 7.27. The van der Waals surface area contributed by atoms with Crippen molar-refractivity contribution in [2.24, 2.45) is 17.6 Å². The van der Waals surface area contributed by atoms with Gasteiger partial charge in [-0.25, -0.2) is 0 Å². The van der Waals surface area contributed by atoms with E-state index in [1.54, 1.807) is 0 Å². The van der Waals surface area contributed by atoms with Gasteiger partial charge in [0.2, 0.25) is 5.91 Å². The smallest absolute Gasteiger partial charge is 0.230 e. The average molecular weight is 260 g/mol. The van der Waals surface area contributed by atoms with Crippen molar-refractivity contribution in [3.8, 4) is 0 Å². The third kappa shape index (κ3) is 3.35. The van der Waals surface area contributed by atoms with E-state index < -0.39 is 0 Å². The van der Waals surface area contributed by atoms with Crippen LogP contribution >= 0.6 is 0 Å². The summed E-state index contributed by atoms with van der Waals surface area (Å²) in [4.78, 5) is 14.5. The summed E-state index contributed by atoms with van der Waals surface area (Å²) < 4.78 is 0. The number of rotatable bonds is 6. The summed E-state index contributed by atoms with van der Waals surface area (Å²) >= 11 is 0. The van der Waals surface area contributed by atoms with E-state index in [0.29, 0.717) is 12.5 Å². The maximum absolute atomic E-state index is 12.6. The maximum Gasteiger partial charge on any atom is 0.230 e. The predicted molar refractivity (Wildman–Crippen MR) is 78.9 cm³/mol. The van der Waals surface area contributed by atoms with E-state index in [2.05, 4.69) is 13.8 Å². The topological polar surface area (TPSA) is 46.3 Å². The summed E-state index contributed by atoms with van der Waals surface area (Å²) in [5.74, 6) is 1.03. The second kappa shape index (κ2) is 6.20. The minimum atomic E-state index is 0.153. The second-order valence-electron chi connectivity index (χ2n) is 5.49. The number of amides is 1. The Labute approximate surface area is 115 Å². The molecule has 0 radical (unpaired) electrons. The lowest BCUT2D eigenvalue weighted by atomic mass is 10.0. The summed E-state index contributed by atoms with van der Waals surface area (Å²) in [6.07, 6.45) is 3.39. The molecular weight excluding hydrogens is 236 g/mol. The zero-order valence-corrected chi connectivity index (χ0v) is 11.9. The van der Waals surface area contributed by atoms with Crippen LogP contribution in [0.3, 0.4) is 0 Å². The summed E-state index contributed by atoms with van der Waals surface area (Å²) in [6.45, 7) is 5.51. The van der Waals surface area contributed by atoms with Crippen LogP contribution < -0.4 is 10.6 Å². The molecule has 3 heteroatoms. The quantitative estimate of drug-likeness (QED) is 0.854. The van der Waals surface area contributed by atoms with Gasteiger partial charge in [0.15, 0.2) is 0 Å². The molecule has 1 aromatic carbocycles. The van der Waals surface area contributed by atoms with Gasteiger partial charge in [0.1, 0.15) is 0 Å². The number of benzene rings is 1. The average Bonchev–Trinajstić information content (AvgIpc) is 3.28. The number of anilines is 1. The molecule has 1 atom stereocenters. The van der Waals surface area contributed by atoms with Gasteiger partial charge >= 0.3 is 0 Å². The number of nitrogens with two attached hydrogens (primary N) is 1. The Bertz CT molecular complexity index is 423. The van der Waals surface area contributed by atoms with E-state index in [1.165, 1.54) is 12.8 Å². The number of carbonyl (C=O) groups excluding carboxylic acids is 1. The molecule has 104 valence electrons. The van der Waals surface area contributed by atoms with Crippen molar-refractivity contribution in [2.45, 2.75) is 39.7 Å². The van der Waals surface area contributed by atoms with Gasteiger partial charge in [-0.2, -0.15) is 0 Å². The minimum absolute atomic E-state index is 0.153. The van der Waals surface area contributed by atoms with E-state index in [1.807, 2.05) is 29.2 Å². The molecule has 1 unspecified atom stereocenters. The highest BCUT2D eigenvalue weighted by Crippen LogP contribution is 2.38. The first-order chi connectivity index (χ1) is 9.17. The third-order valence-corrected chi connectivity index (χ3v) is 3.92. The molecule has 19 heavy (non-hydrogen) atoms. The lowest BCUT2D eigenvalue weighted by Gasteiger charge is -2.25. The Balaban J connectivity index is 2.15. The first kappa shape index (κ1) is 14.1. The highest BCUT2D eigenvalue weighted by atomic mass is 16.2. The molecule has 2 N–H and O–H groups in total. The van der Waals surface area contributed by atoms with E-state index >= 15 is 0 Å². The molecule has 1 aliphatic rings. The molecule has 1 saturated carbocycles.